The number of amides is 1. The van der Waals surface area contributed by atoms with E-state index in [2.05, 4.69) is 5.32 Å². The van der Waals surface area contributed by atoms with E-state index < -0.39 is 33.8 Å². The van der Waals surface area contributed by atoms with E-state index in [9.17, 15) is 18.0 Å². The molecule has 1 amide bonds. The molecule has 0 fully saturated rings. The minimum Gasteiger partial charge on any atom is -0.464 e. The molecule has 0 aliphatic heterocycles. The van der Waals surface area contributed by atoms with Crippen LogP contribution in [0.4, 0.5) is 4.79 Å². The van der Waals surface area contributed by atoms with E-state index in [1.165, 1.54) is 12.1 Å². The van der Waals surface area contributed by atoms with Gasteiger partial charge in [0, 0.05) is 6.42 Å². The zero-order chi connectivity index (χ0) is 20.0. The van der Waals surface area contributed by atoms with Crippen LogP contribution in [-0.2, 0) is 30.8 Å². The van der Waals surface area contributed by atoms with Gasteiger partial charge in [-0.3, -0.25) is 0 Å². The summed E-state index contributed by atoms with van der Waals surface area (Å²) < 4.78 is 37.1. The Morgan fingerprint density at radius 2 is 1.73 bits per heavy atom. The van der Waals surface area contributed by atoms with Gasteiger partial charge in [-0.25, -0.2) is 9.59 Å². The number of carbonyl (C=O) groups excluding carboxylic acids is 2. The summed E-state index contributed by atoms with van der Waals surface area (Å²) in [6, 6.07) is 5.19. The summed E-state index contributed by atoms with van der Waals surface area (Å²) in [5.41, 5.74) is -0.0199. The Morgan fingerprint density at radius 1 is 1.15 bits per heavy atom. The first kappa shape index (κ1) is 21.8. The second-order valence-corrected chi connectivity index (χ2v) is 8.16. The van der Waals surface area contributed by atoms with Gasteiger partial charge < -0.3 is 19.0 Å². The molecule has 1 rings (SSSR count). The van der Waals surface area contributed by atoms with Crippen LogP contribution < -0.4 is 9.50 Å². The van der Waals surface area contributed by atoms with Crippen LogP contribution in [0.15, 0.2) is 24.3 Å². The molecule has 146 valence electrons. The zero-order valence-corrected chi connectivity index (χ0v) is 16.4. The molecular formula is C17H25NO7S. The number of rotatable bonds is 7. The third kappa shape index (κ3) is 8.70. The van der Waals surface area contributed by atoms with Crippen LogP contribution >= 0.6 is 0 Å². The van der Waals surface area contributed by atoms with Crippen molar-refractivity contribution in [3.05, 3.63) is 29.8 Å². The predicted octanol–water partition coefficient (Wildman–Crippen LogP) is 2.02. The molecule has 1 atom stereocenters. The van der Waals surface area contributed by atoms with Crippen LogP contribution in [0, 0.1) is 0 Å². The maximum atomic E-state index is 12.1. The predicted molar refractivity (Wildman–Crippen MR) is 95.4 cm³/mol. The lowest BCUT2D eigenvalue weighted by Gasteiger charge is -2.23. The Hall–Kier alpha value is -2.29. The standard InChI is InChI=1S/C17H25NO7S/c1-6-23-15(19)14(18-16(20)24-17(2,3)4)11-12-7-9-13(10-8-12)25-26(5,21)22/h7-10,14H,6,11H2,1-5H3,(H,18,20)/t14-/m0/s1. The Kier molecular flexibility index (Phi) is 7.43. The SMILES string of the molecule is CCOC(=O)[C@H](Cc1ccc(OS(C)(=O)=O)cc1)NC(=O)OC(C)(C)C. The van der Waals surface area contributed by atoms with Crippen molar-refractivity contribution in [2.45, 2.75) is 45.8 Å². The molecule has 26 heavy (non-hydrogen) atoms. The first-order chi connectivity index (χ1) is 11.9. The fourth-order valence-corrected chi connectivity index (χ4v) is 2.44. The Labute approximate surface area is 153 Å². The molecule has 0 aliphatic carbocycles. The molecule has 1 aromatic carbocycles. The zero-order valence-electron chi connectivity index (χ0n) is 15.6. The van der Waals surface area contributed by atoms with Crippen molar-refractivity contribution in [3.63, 3.8) is 0 Å². The summed E-state index contributed by atoms with van der Waals surface area (Å²) in [4.78, 5) is 24.1. The van der Waals surface area contributed by atoms with E-state index in [1.807, 2.05) is 0 Å². The fourth-order valence-electron chi connectivity index (χ4n) is 1.98. The molecule has 0 saturated carbocycles. The van der Waals surface area contributed by atoms with Gasteiger partial charge >= 0.3 is 22.2 Å². The van der Waals surface area contributed by atoms with E-state index in [1.54, 1.807) is 39.8 Å². The van der Waals surface area contributed by atoms with Gasteiger partial charge in [0.05, 0.1) is 12.9 Å². The van der Waals surface area contributed by atoms with Gasteiger partial charge in [-0.1, -0.05) is 12.1 Å². The maximum Gasteiger partial charge on any atom is 0.408 e. The molecule has 0 unspecified atom stereocenters. The smallest absolute Gasteiger partial charge is 0.408 e. The Morgan fingerprint density at radius 3 is 2.19 bits per heavy atom. The van der Waals surface area contributed by atoms with E-state index >= 15 is 0 Å². The lowest BCUT2D eigenvalue weighted by Crippen LogP contribution is -2.45. The van der Waals surface area contributed by atoms with Gasteiger partial charge in [0.25, 0.3) is 0 Å². The molecular weight excluding hydrogens is 362 g/mol. The third-order valence-electron chi connectivity index (χ3n) is 2.87. The number of hydrogen-bond donors (Lipinski definition) is 1. The van der Waals surface area contributed by atoms with Gasteiger partial charge in [-0.2, -0.15) is 8.42 Å². The van der Waals surface area contributed by atoms with Crippen molar-refractivity contribution in [1.82, 2.24) is 5.32 Å². The highest BCUT2D eigenvalue weighted by molar-refractivity contribution is 7.86. The highest BCUT2D eigenvalue weighted by Gasteiger charge is 2.25. The van der Waals surface area contributed by atoms with Crippen molar-refractivity contribution in [2.75, 3.05) is 12.9 Å². The number of esters is 1. The molecule has 0 spiro atoms. The summed E-state index contributed by atoms with van der Waals surface area (Å²) in [7, 11) is -3.61. The van der Waals surface area contributed by atoms with Gasteiger partial charge in [0.1, 0.15) is 17.4 Å². The molecule has 1 N–H and O–H groups in total. The minimum atomic E-state index is -3.61. The number of ether oxygens (including phenoxy) is 2. The lowest BCUT2D eigenvalue weighted by atomic mass is 10.1. The van der Waals surface area contributed by atoms with Crippen molar-refractivity contribution < 1.29 is 31.7 Å². The van der Waals surface area contributed by atoms with Crippen molar-refractivity contribution in [1.29, 1.82) is 0 Å². The first-order valence-corrected chi connectivity index (χ1v) is 9.86. The van der Waals surface area contributed by atoms with Gasteiger partial charge in [0.2, 0.25) is 0 Å². The van der Waals surface area contributed by atoms with Crippen molar-refractivity contribution in [2.24, 2.45) is 0 Å². The number of benzene rings is 1. The Bertz CT molecular complexity index is 720. The minimum absolute atomic E-state index is 0.150. The van der Waals surface area contributed by atoms with Gasteiger partial charge in [0.15, 0.2) is 0 Å². The lowest BCUT2D eigenvalue weighted by molar-refractivity contribution is -0.145. The topological polar surface area (TPSA) is 108 Å². The van der Waals surface area contributed by atoms with Crippen LogP contribution in [0.2, 0.25) is 0 Å². The highest BCUT2D eigenvalue weighted by Crippen LogP contribution is 2.16. The van der Waals surface area contributed by atoms with Crippen molar-refractivity contribution in [3.8, 4) is 5.75 Å². The molecule has 0 radical (unpaired) electrons. The second-order valence-electron chi connectivity index (χ2n) is 6.59. The summed E-state index contributed by atoms with van der Waals surface area (Å²) >= 11 is 0. The van der Waals surface area contributed by atoms with Gasteiger partial charge in [-0.05, 0) is 45.4 Å². The normalized spacial score (nSPS) is 12.8. The average molecular weight is 387 g/mol. The largest absolute Gasteiger partial charge is 0.464 e. The van der Waals surface area contributed by atoms with Crippen molar-refractivity contribution >= 4 is 22.2 Å². The van der Waals surface area contributed by atoms with E-state index in [0.717, 1.165) is 6.26 Å². The van der Waals surface area contributed by atoms with Crippen LogP contribution in [0.25, 0.3) is 0 Å². The molecule has 0 aliphatic rings. The van der Waals surface area contributed by atoms with Crippen LogP contribution in [0.1, 0.15) is 33.3 Å². The monoisotopic (exact) mass is 387 g/mol. The first-order valence-electron chi connectivity index (χ1n) is 8.04. The molecule has 0 heterocycles. The summed E-state index contributed by atoms with van der Waals surface area (Å²) in [6.45, 7) is 6.98. The molecule has 1 aromatic rings. The third-order valence-corrected chi connectivity index (χ3v) is 3.37. The van der Waals surface area contributed by atoms with Gasteiger partial charge in [-0.15, -0.1) is 0 Å². The van der Waals surface area contributed by atoms with E-state index in [-0.39, 0.29) is 18.8 Å². The number of carbonyl (C=O) groups is 2. The highest BCUT2D eigenvalue weighted by atomic mass is 32.2. The Balaban J connectivity index is 2.85. The molecule has 9 heteroatoms. The van der Waals surface area contributed by atoms with E-state index in [0.29, 0.717) is 5.56 Å². The quantitative estimate of drug-likeness (QED) is 0.563. The summed E-state index contributed by atoms with van der Waals surface area (Å²) in [5, 5.41) is 2.50. The molecule has 0 bridgehead atoms. The molecule has 8 nitrogen and oxygen atoms in total. The maximum absolute atomic E-state index is 12.1. The molecule has 0 saturated heterocycles. The van der Waals surface area contributed by atoms with E-state index in [4.69, 9.17) is 13.7 Å². The van der Waals surface area contributed by atoms with Crippen LogP contribution in [0.3, 0.4) is 0 Å². The average Bonchev–Trinajstić information content (AvgIpc) is 2.45. The summed E-state index contributed by atoms with van der Waals surface area (Å²) in [6.07, 6.45) is 0.368. The number of alkyl carbamates (subject to hydrolysis) is 1. The number of hydrogen-bond acceptors (Lipinski definition) is 7. The summed E-state index contributed by atoms with van der Waals surface area (Å²) in [5.74, 6) is -0.432. The van der Waals surface area contributed by atoms with Crippen LogP contribution in [0.5, 0.6) is 5.75 Å². The fraction of sp³-hybridized carbons (Fsp3) is 0.529. The van der Waals surface area contributed by atoms with Crippen LogP contribution in [-0.4, -0.2) is 45.0 Å². The number of nitrogens with one attached hydrogen (secondary N) is 1. The molecule has 0 aromatic heterocycles. The second kappa shape index (κ2) is 8.88.